The Bertz CT molecular complexity index is 837. The minimum Gasteiger partial charge on any atom is -0.496 e. The molecule has 7 heteroatoms. The molecule has 0 unspecified atom stereocenters. The zero-order valence-corrected chi connectivity index (χ0v) is 15.0. The molecule has 1 aliphatic heterocycles. The Labute approximate surface area is 156 Å². The maximum Gasteiger partial charge on any atom is 0.259 e. The van der Waals surface area contributed by atoms with Crippen molar-refractivity contribution in [1.82, 2.24) is 9.80 Å². The van der Waals surface area contributed by atoms with Crippen LogP contribution in [0.2, 0.25) is 0 Å². The van der Waals surface area contributed by atoms with Gasteiger partial charge in [-0.1, -0.05) is 18.2 Å². The molecular weight excluding hydrogens is 354 g/mol. The van der Waals surface area contributed by atoms with Gasteiger partial charge in [-0.25, -0.2) is 8.78 Å². The van der Waals surface area contributed by atoms with Crippen LogP contribution in [0.25, 0.3) is 0 Å². The number of hydrogen-bond donors (Lipinski definition) is 0. The molecule has 2 amide bonds. The number of amides is 2. The summed E-state index contributed by atoms with van der Waals surface area (Å²) in [5, 5.41) is 0. The molecule has 1 saturated heterocycles. The smallest absolute Gasteiger partial charge is 0.259 e. The van der Waals surface area contributed by atoms with Crippen LogP contribution in [0.5, 0.6) is 5.75 Å². The lowest BCUT2D eigenvalue weighted by atomic mass is 10.1. The number of methoxy groups -OCH3 is 1. The van der Waals surface area contributed by atoms with Crippen molar-refractivity contribution in [2.45, 2.75) is 6.42 Å². The number of ether oxygens (including phenoxy) is 1. The standard InChI is InChI=1S/C20H20F2N2O3/c1-27-17-9-3-2-6-14(17)19(25)23-10-5-11-24(13-12-23)20(26)18-15(21)7-4-8-16(18)22/h2-4,6-9H,5,10-13H2,1H3. The number of rotatable bonds is 3. The third-order valence-electron chi connectivity index (χ3n) is 4.58. The Hall–Kier alpha value is -2.96. The van der Waals surface area contributed by atoms with E-state index in [0.717, 1.165) is 12.1 Å². The van der Waals surface area contributed by atoms with Gasteiger partial charge in [0, 0.05) is 26.2 Å². The average Bonchev–Trinajstić information content (AvgIpc) is 2.93. The minimum absolute atomic E-state index is 0.196. The molecule has 1 fully saturated rings. The van der Waals surface area contributed by atoms with Crippen LogP contribution in [0, 0.1) is 11.6 Å². The van der Waals surface area contributed by atoms with E-state index in [-0.39, 0.29) is 19.0 Å². The van der Waals surface area contributed by atoms with Gasteiger partial charge in [0.15, 0.2) is 0 Å². The molecule has 2 aromatic rings. The molecule has 5 nitrogen and oxygen atoms in total. The molecule has 0 aliphatic carbocycles. The highest BCUT2D eigenvalue weighted by atomic mass is 19.1. The predicted molar refractivity (Wildman–Crippen MR) is 95.8 cm³/mol. The van der Waals surface area contributed by atoms with E-state index in [9.17, 15) is 18.4 Å². The van der Waals surface area contributed by atoms with Gasteiger partial charge in [-0.2, -0.15) is 0 Å². The van der Waals surface area contributed by atoms with Gasteiger partial charge in [-0.15, -0.1) is 0 Å². The summed E-state index contributed by atoms with van der Waals surface area (Å²) in [4.78, 5) is 28.4. The first-order valence-electron chi connectivity index (χ1n) is 8.68. The third-order valence-corrected chi connectivity index (χ3v) is 4.58. The monoisotopic (exact) mass is 374 g/mol. The highest BCUT2D eigenvalue weighted by molar-refractivity contribution is 5.97. The van der Waals surface area contributed by atoms with Crippen LogP contribution in [-0.4, -0.2) is 54.9 Å². The van der Waals surface area contributed by atoms with E-state index >= 15 is 0 Å². The SMILES string of the molecule is COc1ccccc1C(=O)N1CCCN(C(=O)c2c(F)cccc2F)CC1. The van der Waals surface area contributed by atoms with Crippen LogP contribution in [0.4, 0.5) is 8.78 Å². The lowest BCUT2D eigenvalue weighted by Crippen LogP contribution is -2.38. The van der Waals surface area contributed by atoms with Gasteiger partial charge < -0.3 is 14.5 Å². The lowest BCUT2D eigenvalue weighted by molar-refractivity contribution is 0.0711. The molecule has 0 bridgehead atoms. The summed E-state index contributed by atoms with van der Waals surface area (Å²) in [5.41, 5.74) is -0.109. The number of para-hydroxylation sites is 1. The Morgan fingerprint density at radius 3 is 2.07 bits per heavy atom. The molecule has 27 heavy (non-hydrogen) atoms. The van der Waals surface area contributed by atoms with Crippen LogP contribution < -0.4 is 4.74 Å². The quantitative estimate of drug-likeness (QED) is 0.830. The van der Waals surface area contributed by atoms with Gasteiger partial charge in [0.2, 0.25) is 0 Å². The molecule has 1 aliphatic rings. The van der Waals surface area contributed by atoms with Gasteiger partial charge in [0.25, 0.3) is 11.8 Å². The second-order valence-electron chi connectivity index (χ2n) is 6.23. The number of halogens is 2. The largest absolute Gasteiger partial charge is 0.496 e. The van der Waals surface area contributed by atoms with Crippen LogP contribution in [0.3, 0.4) is 0 Å². The predicted octanol–water partition coefficient (Wildman–Crippen LogP) is 2.96. The highest BCUT2D eigenvalue weighted by Crippen LogP contribution is 2.21. The Balaban J connectivity index is 1.74. The average molecular weight is 374 g/mol. The van der Waals surface area contributed by atoms with Crippen molar-refractivity contribution in [3.8, 4) is 5.75 Å². The van der Waals surface area contributed by atoms with E-state index in [1.807, 2.05) is 0 Å². The highest BCUT2D eigenvalue weighted by Gasteiger charge is 2.27. The van der Waals surface area contributed by atoms with Crippen molar-refractivity contribution in [3.63, 3.8) is 0 Å². The molecule has 142 valence electrons. The van der Waals surface area contributed by atoms with Crippen molar-refractivity contribution in [2.24, 2.45) is 0 Å². The number of benzene rings is 2. The lowest BCUT2D eigenvalue weighted by Gasteiger charge is -2.23. The van der Waals surface area contributed by atoms with Crippen molar-refractivity contribution in [2.75, 3.05) is 33.3 Å². The van der Waals surface area contributed by atoms with E-state index in [4.69, 9.17) is 4.74 Å². The van der Waals surface area contributed by atoms with Crippen LogP contribution >= 0.6 is 0 Å². The number of carbonyl (C=O) groups is 2. The van der Waals surface area contributed by atoms with Crippen molar-refractivity contribution in [3.05, 3.63) is 65.2 Å². The Morgan fingerprint density at radius 1 is 0.852 bits per heavy atom. The van der Waals surface area contributed by atoms with Gasteiger partial charge in [0.1, 0.15) is 22.9 Å². The van der Waals surface area contributed by atoms with Crippen molar-refractivity contribution >= 4 is 11.8 Å². The number of nitrogens with zero attached hydrogens (tertiary/aromatic N) is 2. The first-order valence-corrected chi connectivity index (χ1v) is 8.68. The molecule has 0 N–H and O–H groups in total. The van der Waals surface area contributed by atoms with Crippen LogP contribution in [0.15, 0.2) is 42.5 Å². The van der Waals surface area contributed by atoms with E-state index in [2.05, 4.69) is 0 Å². The molecule has 0 radical (unpaired) electrons. The molecular formula is C20H20F2N2O3. The van der Waals surface area contributed by atoms with E-state index in [0.29, 0.717) is 30.8 Å². The summed E-state index contributed by atoms with van der Waals surface area (Å²) in [5.74, 6) is -2.18. The van der Waals surface area contributed by atoms with Gasteiger partial charge >= 0.3 is 0 Å². The second-order valence-corrected chi connectivity index (χ2v) is 6.23. The second kappa shape index (κ2) is 8.16. The summed E-state index contributed by atoms with van der Waals surface area (Å²) in [6.07, 6.45) is 0.517. The van der Waals surface area contributed by atoms with Crippen LogP contribution in [0.1, 0.15) is 27.1 Å². The molecule has 0 aromatic heterocycles. The molecule has 2 aromatic carbocycles. The van der Waals surface area contributed by atoms with Gasteiger partial charge in [0.05, 0.1) is 12.7 Å². The number of carbonyl (C=O) groups excluding carboxylic acids is 2. The summed E-state index contributed by atoms with van der Waals surface area (Å²) >= 11 is 0. The topological polar surface area (TPSA) is 49.9 Å². The van der Waals surface area contributed by atoms with Gasteiger partial charge in [-0.05, 0) is 30.7 Å². The fraction of sp³-hybridized carbons (Fsp3) is 0.300. The van der Waals surface area contributed by atoms with E-state index in [1.165, 1.54) is 18.1 Å². The first-order chi connectivity index (χ1) is 13.0. The van der Waals surface area contributed by atoms with E-state index < -0.39 is 23.1 Å². The van der Waals surface area contributed by atoms with Crippen LogP contribution in [-0.2, 0) is 0 Å². The zero-order chi connectivity index (χ0) is 19.4. The zero-order valence-electron chi connectivity index (χ0n) is 15.0. The molecule has 1 heterocycles. The summed E-state index contributed by atoms with van der Waals surface area (Å²) < 4.78 is 33.0. The van der Waals surface area contributed by atoms with Gasteiger partial charge in [-0.3, -0.25) is 9.59 Å². The summed E-state index contributed by atoms with van der Waals surface area (Å²) in [6, 6.07) is 10.3. The maximum atomic E-state index is 13.9. The molecule has 3 rings (SSSR count). The van der Waals surface area contributed by atoms with E-state index in [1.54, 1.807) is 29.2 Å². The fourth-order valence-corrected chi connectivity index (χ4v) is 3.18. The Kier molecular flexibility index (Phi) is 5.69. The molecule has 0 saturated carbocycles. The van der Waals surface area contributed by atoms with Crippen molar-refractivity contribution < 1.29 is 23.1 Å². The maximum absolute atomic E-state index is 13.9. The minimum atomic E-state index is -0.883. The summed E-state index contributed by atoms with van der Waals surface area (Å²) in [7, 11) is 1.50. The first kappa shape index (κ1) is 18.8. The molecule has 0 atom stereocenters. The van der Waals surface area contributed by atoms with Crippen molar-refractivity contribution in [1.29, 1.82) is 0 Å². The third kappa shape index (κ3) is 3.92. The molecule has 0 spiro atoms. The fourth-order valence-electron chi connectivity index (χ4n) is 3.18. The Morgan fingerprint density at radius 2 is 1.44 bits per heavy atom. The normalized spacial score (nSPS) is 14.6. The summed E-state index contributed by atoms with van der Waals surface area (Å²) in [6.45, 7) is 1.24. The number of hydrogen-bond acceptors (Lipinski definition) is 3.